The molecule has 3 unspecified atom stereocenters. The molecular formula is C26H42N4O8. The Labute approximate surface area is 223 Å². The first-order valence-electron chi connectivity index (χ1n) is 13.2. The van der Waals surface area contributed by atoms with Crippen molar-refractivity contribution < 1.29 is 39.1 Å². The van der Waals surface area contributed by atoms with E-state index in [0.29, 0.717) is 45.2 Å². The Morgan fingerprint density at radius 3 is 2.50 bits per heavy atom. The van der Waals surface area contributed by atoms with Crippen molar-refractivity contribution in [1.29, 1.82) is 0 Å². The van der Waals surface area contributed by atoms with Crippen LogP contribution < -0.4 is 11.1 Å². The number of hydrogen-bond acceptors (Lipinski definition) is 11. The molecule has 2 rings (SSSR count). The number of likely N-dealkylation sites (tertiary alicyclic amines) is 1. The minimum absolute atomic E-state index is 0.0105. The largest absolute Gasteiger partial charge is 0.462 e. The fraction of sp³-hybridized carbons (Fsp3) is 0.654. The summed E-state index contributed by atoms with van der Waals surface area (Å²) in [5.74, 6) is -0.745. The zero-order valence-electron chi connectivity index (χ0n) is 22.1. The summed E-state index contributed by atoms with van der Waals surface area (Å²) in [5, 5.41) is 19.8. The number of ether oxygens (including phenoxy) is 2. The second-order valence-corrected chi connectivity index (χ2v) is 9.25. The van der Waals surface area contributed by atoms with Gasteiger partial charge in [0.05, 0.1) is 37.3 Å². The van der Waals surface area contributed by atoms with E-state index in [-0.39, 0.29) is 38.1 Å². The van der Waals surface area contributed by atoms with Crippen molar-refractivity contribution >= 4 is 17.7 Å². The Bertz CT molecular complexity index is 842. The first-order valence-corrected chi connectivity index (χ1v) is 13.2. The molecule has 1 fully saturated rings. The Morgan fingerprint density at radius 2 is 1.82 bits per heavy atom. The van der Waals surface area contributed by atoms with Gasteiger partial charge in [0.25, 0.3) is 0 Å². The molecule has 214 valence electrons. The molecule has 0 radical (unpaired) electrons. The van der Waals surface area contributed by atoms with Crippen LogP contribution in [0.1, 0.15) is 51.0 Å². The molecule has 0 aliphatic carbocycles. The van der Waals surface area contributed by atoms with Gasteiger partial charge >= 0.3 is 5.97 Å². The van der Waals surface area contributed by atoms with E-state index in [9.17, 15) is 14.4 Å². The molecule has 1 aliphatic heterocycles. The third-order valence-electron chi connectivity index (χ3n) is 6.42. The van der Waals surface area contributed by atoms with Gasteiger partial charge in [0.2, 0.25) is 5.91 Å². The van der Waals surface area contributed by atoms with E-state index in [0.717, 1.165) is 18.4 Å². The number of amides is 1. The Morgan fingerprint density at radius 1 is 1.08 bits per heavy atom. The maximum absolute atomic E-state index is 13.6. The van der Waals surface area contributed by atoms with Crippen molar-refractivity contribution in [3.05, 3.63) is 35.9 Å². The smallest absolute Gasteiger partial charge is 0.328 e. The zero-order valence-corrected chi connectivity index (χ0v) is 22.1. The van der Waals surface area contributed by atoms with Crippen LogP contribution in [0.2, 0.25) is 0 Å². The van der Waals surface area contributed by atoms with Gasteiger partial charge in [-0.3, -0.25) is 25.3 Å². The van der Waals surface area contributed by atoms with Gasteiger partial charge in [0, 0.05) is 6.54 Å². The lowest BCUT2D eigenvalue weighted by Gasteiger charge is -2.30. The molecule has 1 saturated heterocycles. The molecule has 0 saturated carbocycles. The molecule has 1 aromatic carbocycles. The number of nitrogens with zero attached hydrogens (tertiary/aromatic N) is 2. The van der Waals surface area contributed by atoms with Crippen LogP contribution in [0.25, 0.3) is 0 Å². The molecule has 12 heteroatoms. The highest BCUT2D eigenvalue weighted by molar-refractivity contribution is 5.89. The van der Waals surface area contributed by atoms with Gasteiger partial charge in [-0.05, 0) is 57.6 Å². The molecule has 0 aromatic heterocycles. The predicted octanol–water partition coefficient (Wildman–Crippen LogP) is 1.23. The van der Waals surface area contributed by atoms with E-state index >= 15 is 0 Å². The topological polar surface area (TPSA) is 164 Å². The molecule has 1 amide bonds. The monoisotopic (exact) mass is 538 g/mol. The molecule has 1 heterocycles. The number of esters is 1. The summed E-state index contributed by atoms with van der Waals surface area (Å²) in [5.41, 5.74) is 6.78. The minimum atomic E-state index is -0.693. The van der Waals surface area contributed by atoms with Crippen LogP contribution >= 0.6 is 0 Å². The number of ketones is 1. The molecule has 0 bridgehead atoms. The first-order chi connectivity index (χ1) is 18.3. The fourth-order valence-electron chi connectivity index (χ4n) is 4.43. The fourth-order valence-corrected chi connectivity index (χ4v) is 4.43. The summed E-state index contributed by atoms with van der Waals surface area (Å²) >= 11 is 0. The maximum atomic E-state index is 13.6. The molecule has 1 aromatic rings. The van der Waals surface area contributed by atoms with Gasteiger partial charge in [-0.15, -0.1) is 0 Å². The van der Waals surface area contributed by atoms with Crippen LogP contribution in [0.4, 0.5) is 0 Å². The lowest BCUT2D eigenvalue weighted by atomic mass is 10.00. The predicted molar refractivity (Wildman–Crippen MR) is 137 cm³/mol. The van der Waals surface area contributed by atoms with E-state index in [2.05, 4.69) is 10.2 Å². The van der Waals surface area contributed by atoms with Crippen LogP contribution in [0.3, 0.4) is 0 Å². The Balaban J connectivity index is 1.95. The highest BCUT2D eigenvalue weighted by Crippen LogP contribution is 2.21. The van der Waals surface area contributed by atoms with Gasteiger partial charge in [-0.2, -0.15) is 0 Å². The molecular weight excluding hydrogens is 496 g/mol. The van der Waals surface area contributed by atoms with E-state index in [1.54, 1.807) is 4.90 Å². The third kappa shape index (κ3) is 11.5. The van der Waals surface area contributed by atoms with Crippen molar-refractivity contribution in [2.24, 2.45) is 5.73 Å². The molecule has 0 spiro atoms. The molecule has 3 atom stereocenters. The average Bonchev–Trinajstić information content (AvgIpc) is 3.39. The lowest BCUT2D eigenvalue weighted by Crippen LogP contribution is -2.54. The van der Waals surface area contributed by atoms with Crippen molar-refractivity contribution in [2.45, 2.75) is 70.0 Å². The van der Waals surface area contributed by atoms with Crippen LogP contribution in [-0.4, -0.2) is 96.0 Å². The van der Waals surface area contributed by atoms with Gasteiger partial charge < -0.3 is 20.1 Å². The maximum Gasteiger partial charge on any atom is 0.328 e. The summed E-state index contributed by atoms with van der Waals surface area (Å²) in [6, 6.07) is 8.09. The van der Waals surface area contributed by atoms with Crippen molar-refractivity contribution in [1.82, 2.24) is 15.6 Å². The Hall–Kier alpha value is -2.45. The van der Waals surface area contributed by atoms with Crippen molar-refractivity contribution in [3.63, 3.8) is 0 Å². The summed E-state index contributed by atoms with van der Waals surface area (Å²) in [7, 11) is 0. The molecule has 1 aliphatic rings. The quantitative estimate of drug-likeness (QED) is 0.114. The zero-order chi connectivity index (χ0) is 27.8. The van der Waals surface area contributed by atoms with Crippen molar-refractivity contribution in [3.8, 4) is 0 Å². The standard InChI is InChI=1S/C26H42N4O8/c1-20(31)22(13-12-21-8-3-2-4-9-21)28-23(10-5-6-14-27)25(32)29-15-7-11-24(29)26(33)37-18-16-36-17-19-38-30(34)35/h2-4,8-9,22-24,28,34-35H,5-7,10-19,27H2,1H3. The molecule has 38 heavy (non-hydrogen) atoms. The van der Waals surface area contributed by atoms with Crippen LogP contribution in [0, 0.1) is 0 Å². The van der Waals surface area contributed by atoms with Crippen LogP contribution in [0.5, 0.6) is 0 Å². The number of carbonyl (C=O) groups is 3. The number of nitrogens with two attached hydrogens (primary N) is 1. The van der Waals surface area contributed by atoms with E-state index in [4.69, 9.17) is 25.6 Å². The van der Waals surface area contributed by atoms with Gasteiger partial charge in [0.15, 0.2) is 0 Å². The molecule has 12 nitrogen and oxygen atoms in total. The number of hydrogen-bond donors (Lipinski definition) is 4. The number of nitrogens with one attached hydrogen (secondary N) is 1. The number of unbranched alkanes of at least 4 members (excludes halogenated alkanes) is 1. The number of rotatable bonds is 19. The average molecular weight is 539 g/mol. The minimum Gasteiger partial charge on any atom is -0.462 e. The highest BCUT2D eigenvalue weighted by atomic mass is 17.1. The first kappa shape index (κ1) is 31.8. The van der Waals surface area contributed by atoms with E-state index in [1.807, 2.05) is 30.3 Å². The normalized spacial score (nSPS) is 17.0. The van der Waals surface area contributed by atoms with Crippen LogP contribution in [-0.2, 0) is 35.1 Å². The Kier molecular flexibility index (Phi) is 15.0. The number of carbonyl (C=O) groups excluding carboxylic acids is 3. The van der Waals surface area contributed by atoms with Gasteiger partial charge in [-0.1, -0.05) is 36.8 Å². The second kappa shape index (κ2) is 17.9. The summed E-state index contributed by atoms with van der Waals surface area (Å²) in [6.07, 6.45) is 4.43. The van der Waals surface area contributed by atoms with Gasteiger partial charge in [0.1, 0.15) is 18.4 Å². The number of benzene rings is 1. The summed E-state index contributed by atoms with van der Waals surface area (Å²) < 4.78 is 10.5. The SMILES string of the molecule is CC(=O)C(CCc1ccccc1)NC(CCCCN)C(=O)N1CCCC1C(=O)OCCOCCON(O)O. The van der Waals surface area contributed by atoms with E-state index < -0.39 is 29.5 Å². The molecule has 5 N–H and O–H groups in total. The van der Waals surface area contributed by atoms with Gasteiger partial charge in [-0.25, -0.2) is 9.63 Å². The lowest BCUT2D eigenvalue weighted by molar-refractivity contribution is -0.493. The second-order valence-electron chi connectivity index (χ2n) is 9.25. The number of Topliss-reactive ketones (excluding diaryl/α,β-unsaturated/α-hetero) is 1. The summed E-state index contributed by atoms with van der Waals surface area (Å²) in [6.45, 7) is 2.54. The van der Waals surface area contributed by atoms with E-state index in [1.165, 1.54) is 6.92 Å². The number of aryl methyl sites for hydroxylation is 1. The van der Waals surface area contributed by atoms with Crippen LogP contribution in [0.15, 0.2) is 30.3 Å². The third-order valence-corrected chi connectivity index (χ3v) is 6.42. The summed E-state index contributed by atoms with van der Waals surface area (Å²) in [4.78, 5) is 44.8. The van der Waals surface area contributed by atoms with Crippen molar-refractivity contribution in [2.75, 3.05) is 39.5 Å². The highest BCUT2D eigenvalue weighted by Gasteiger charge is 2.38.